The second kappa shape index (κ2) is 8.92. The molecule has 0 saturated carbocycles. The minimum absolute atomic E-state index is 0.407. The molecule has 0 aliphatic heterocycles. The lowest BCUT2D eigenvalue weighted by atomic mass is 9.99. The van der Waals surface area contributed by atoms with Crippen LogP contribution in [0.5, 0.6) is 0 Å². The van der Waals surface area contributed by atoms with Crippen LogP contribution >= 0.6 is 0 Å². The summed E-state index contributed by atoms with van der Waals surface area (Å²) in [6, 6.07) is 15.0. The maximum Gasteiger partial charge on any atom is 0.183 e. The van der Waals surface area contributed by atoms with Crippen LogP contribution in [-0.2, 0) is 18.9 Å². The van der Waals surface area contributed by atoms with Crippen LogP contribution in [0, 0.1) is 0 Å². The van der Waals surface area contributed by atoms with Gasteiger partial charge in [-0.1, -0.05) is 48.5 Å². The maximum atomic E-state index is 10.6. The molecule has 0 saturated heterocycles. The zero-order valence-corrected chi connectivity index (χ0v) is 14.4. The fourth-order valence-corrected chi connectivity index (χ4v) is 2.60. The van der Waals surface area contributed by atoms with Crippen molar-refractivity contribution in [3.05, 3.63) is 70.8 Å². The third-order valence-corrected chi connectivity index (χ3v) is 3.91. The fraction of sp³-hybridized carbons (Fsp3) is 0.368. The molecular weight excluding hydrogens is 308 g/mol. The minimum Gasteiger partial charge on any atom is -0.384 e. The van der Waals surface area contributed by atoms with Gasteiger partial charge in [-0.2, -0.15) is 0 Å². The van der Waals surface area contributed by atoms with Crippen LogP contribution in [-0.4, -0.2) is 33.5 Å². The van der Waals surface area contributed by atoms with Gasteiger partial charge < -0.3 is 24.1 Å². The van der Waals surface area contributed by atoms with Crippen molar-refractivity contribution in [2.24, 2.45) is 0 Å². The van der Waals surface area contributed by atoms with E-state index in [4.69, 9.17) is 18.9 Å². The third-order valence-electron chi connectivity index (χ3n) is 3.91. The molecule has 2 aromatic carbocycles. The summed E-state index contributed by atoms with van der Waals surface area (Å²) in [4.78, 5) is 0. The first-order chi connectivity index (χ1) is 11.6. The standard InChI is InChI=1S/C19H24O5/c1-21-18(22-2)15-9-5-13(6-10-15)17(20)14-7-11-16(12-8-14)19(23-3)24-4/h5-12,17-20H,1-4H3. The molecule has 2 aromatic rings. The van der Waals surface area contributed by atoms with Crippen LogP contribution < -0.4 is 0 Å². The normalized spacial score (nSPS) is 11.7. The molecule has 0 aliphatic carbocycles. The monoisotopic (exact) mass is 332 g/mol. The molecule has 5 nitrogen and oxygen atoms in total. The highest BCUT2D eigenvalue weighted by Crippen LogP contribution is 2.26. The summed E-state index contributed by atoms with van der Waals surface area (Å²) in [5.41, 5.74) is 3.39. The average molecular weight is 332 g/mol. The highest BCUT2D eigenvalue weighted by Gasteiger charge is 2.14. The van der Waals surface area contributed by atoms with E-state index in [0.717, 1.165) is 22.3 Å². The van der Waals surface area contributed by atoms with Crippen molar-refractivity contribution in [2.45, 2.75) is 18.7 Å². The number of hydrogen-bond donors (Lipinski definition) is 1. The van der Waals surface area contributed by atoms with Crippen molar-refractivity contribution in [2.75, 3.05) is 28.4 Å². The molecule has 0 bridgehead atoms. The molecule has 0 unspecified atom stereocenters. The number of aliphatic hydroxyl groups is 1. The Bertz CT molecular complexity index is 545. The fourth-order valence-electron chi connectivity index (χ4n) is 2.60. The summed E-state index contributed by atoms with van der Waals surface area (Å²) in [6.07, 6.45) is -1.52. The quantitative estimate of drug-likeness (QED) is 0.751. The van der Waals surface area contributed by atoms with Gasteiger partial charge in [-0.15, -0.1) is 0 Å². The van der Waals surface area contributed by atoms with Gasteiger partial charge in [0.05, 0.1) is 0 Å². The van der Waals surface area contributed by atoms with Crippen molar-refractivity contribution < 1.29 is 24.1 Å². The summed E-state index contributed by atoms with van der Waals surface area (Å²) in [5.74, 6) is 0. The third kappa shape index (κ3) is 4.20. The zero-order valence-electron chi connectivity index (χ0n) is 14.4. The molecule has 0 amide bonds. The van der Waals surface area contributed by atoms with Crippen molar-refractivity contribution in [1.29, 1.82) is 0 Å². The highest BCUT2D eigenvalue weighted by atomic mass is 16.7. The van der Waals surface area contributed by atoms with E-state index >= 15 is 0 Å². The van der Waals surface area contributed by atoms with Gasteiger partial charge in [0, 0.05) is 39.6 Å². The van der Waals surface area contributed by atoms with Crippen molar-refractivity contribution in [3.63, 3.8) is 0 Å². The van der Waals surface area contributed by atoms with Crippen LogP contribution in [0.2, 0.25) is 0 Å². The van der Waals surface area contributed by atoms with Crippen LogP contribution in [0.15, 0.2) is 48.5 Å². The summed E-state index contributed by atoms with van der Waals surface area (Å²) < 4.78 is 20.9. The first kappa shape index (κ1) is 18.6. The van der Waals surface area contributed by atoms with Gasteiger partial charge in [0.2, 0.25) is 0 Å². The number of ether oxygens (including phenoxy) is 4. The van der Waals surface area contributed by atoms with Gasteiger partial charge in [0.15, 0.2) is 12.6 Å². The van der Waals surface area contributed by atoms with E-state index in [9.17, 15) is 5.11 Å². The Labute approximate surface area is 142 Å². The van der Waals surface area contributed by atoms with Crippen molar-refractivity contribution in [3.8, 4) is 0 Å². The molecule has 2 rings (SSSR count). The predicted molar refractivity (Wildman–Crippen MR) is 90.5 cm³/mol. The summed E-state index contributed by atoms with van der Waals surface area (Å²) >= 11 is 0. The van der Waals surface area contributed by atoms with E-state index in [-0.39, 0.29) is 0 Å². The first-order valence-corrected chi connectivity index (χ1v) is 7.63. The SMILES string of the molecule is COC(OC)c1ccc(C(O)c2ccc(C(OC)OC)cc2)cc1. The molecule has 0 fully saturated rings. The zero-order chi connectivity index (χ0) is 17.5. The van der Waals surface area contributed by atoms with Crippen molar-refractivity contribution >= 4 is 0 Å². The molecule has 0 radical (unpaired) electrons. The Hall–Kier alpha value is -1.76. The van der Waals surface area contributed by atoms with E-state index in [1.165, 1.54) is 0 Å². The lowest BCUT2D eigenvalue weighted by Gasteiger charge is -2.17. The van der Waals surface area contributed by atoms with Crippen LogP contribution in [0.25, 0.3) is 0 Å². The number of aliphatic hydroxyl groups excluding tert-OH is 1. The molecule has 24 heavy (non-hydrogen) atoms. The molecule has 0 aliphatic rings. The number of benzene rings is 2. The Balaban J connectivity index is 2.15. The number of methoxy groups -OCH3 is 4. The number of hydrogen-bond acceptors (Lipinski definition) is 5. The van der Waals surface area contributed by atoms with E-state index in [1.807, 2.05) is 48.5 Å². The summed E-state index contributed by atoms with van der Waals surface area (Å²) in [7, 11) is 6.36. The second-order valence-electron chi connectivity index (χ2n) is 5.34. The lowest BCUT2D eigenvalue weighted by molar-refractivity contribution is -0.106. The molecular formula is C19H24O5. The Morgan fingerprint density at radius 3 is 1.04 bits per heavy atom. The molecule has 0 spiro atoms. The molecule has 130 valence electrons. The smallest absolute Gasteiger partial charge is 0.183 e. The van der Waals surface area contributed by atoms with Crippen LogP contribution in [0.4, 0.5) is 0 Å². The Morgan fingerprint density at radius 2 is 0.792 bits per heavy atom. The molecule has 5 heteroatoms. The average Bonchev–Trinajstić information content (AvgIpc) is 2.64. The maximum absolute atomic E-state index is 10.6. The van der Waals surface area contributed by atoms with Crippen molar-refractivity contribution in [1.82, 2.24) is 0 Å². The van der Waals surface area contributed by atoms with E-state index < -0.39 is 18.7 Å². The molecule has 0 atom stereocenters. The van der Waals surface area contributed by atoms with Gasteiger partial charge in [0.25, 0.3) is 0 Å². The highest BCUT2D eigenvalue weighted by molar-refractivity contribution is 5.34. The Kier molecular flexibility index (Phi) is 6.90. The molecule has 1 N–H and O–H groups in total. The Morgan fingerprint density at radius 1 is 0.542 bits per heavy atom. The van der Waals surface area contributed by atoms with E-state index in [1.54, 1.807) is 28.4 Å². The largest absolute Gasteiger partial charge is 0.384 e. The first-order valence-electron chi connectivity index (χ1n) is 7.63. The van der Waals surface area contributed by atoms with E-state index in [2.05, 4.69) is 0 Å². The van der Waals surface area contributed by atoms with Gasteiger partial charge in [-0.3, -0.25) is 0 Å². The molecule has 0 aromatic heterocycles. The van der Waals surface area contributed by atoms with Gasteiger partial charge in [0.1, 0.15) is 6.10 Å². The van der Waals surface area contributed by atoms with Gasteiger partial charge in [-0.25, -0.2) is 0 Å². The minimum atomic E-state index is -0.708. The topological polar surface area (TPSA) is 57.2 Å². The summed E-state index contributed by atoms with van der Waals surface area (Å²) in [5, 5.41) is 10.6. The number of rotatable bonds is 8. The van der Waals surface area contributed by atoms with Gasteiger partial charge in [-0.05, 0) is 11.1 Å². The molecule has 0 heterocycles. The summed E-state index contributed by atoms with van der Waals surface area (Å²) in [6.45, 7) is 0. The van der Waals surface area contributed by atoms with Crippen LogP contribution in [0.1, 0.15) is 40.9 Å². The predicted octanol–water partition coefficient (Wildman–Crippen LogP) is 3.35. The van der Waals surface area contributed by atoms with E-state index in [0.29, 0.717) is 0 Å². The van der Waals surface area contributed by atoms with Gasteiger partial charge >= 0.3 is 0 Å². The lowest BCUT2D eigenvalue weighted by Crippen LogP contribution is -2.06. The van der Waals surface area contributed by atoms with Crippen LogP contribution in [0.3, 0.4) is 0 Å². The second-order valence-corrected chi connectivity index (χ2v) is 5.34.